The van der Waals surface area contributed by atoms with E-state index in [1.165, 1.54) is 40.6 Å². The standard InChI is InChI=1S/C22H28N2O6S/c1-16-20(22(26)29-3)14-18(30-16)15-23(2)21(25)17-8-10-19(11-9-17)31(27,28)24-12-6-4-5-7-13-24/h8-11,14H,4-7,12-13,15H2,1-3H3. The van der Waals surface area contributed by atoms with Gasteiger partial charge in [-0.25, -0.2) is 13.2 Å². The first-order valence-corrected chi connectivity index (χ1v) is 11.7. The Morgan fingerprint density at radius 1 is 1.10 bits per heavy atom. The van der Waals surface area contributed by atoms with Crippen molar-refractivity contribution in [2.24, 2.45) is 0 Å². The fourth-order valence-corrected chi connectivity index (χ4v) is 5.18. The maximum absolute atomic E-state index is 12.9. The van der Waals surface area contributed by atoms with Crippen LogP contribution in [0.15, 0.2) is 39.6 Å². The molecule has 2 aromatic rings. The highest BCUT2D eigenvalue weighted by Gasteiger charge is 2.25. The Hall–Kier alpha value is -2.65. The van der Waals surface area contributed by atoms with Gasteiger partial charge in [0.25, 0.3) is 5.91 Å². The molecule has 3 rings (SSSR count). The molecule has 2 heterocycles. The maximum atomic E-state index is 12.9. The van der Waals surface area contributed by atoms with Crippen LogP contribution in [0.4, 0.5) is 0 Å². The van der Waals surface area contributed by atoms with Crippen LogP contribution in [-0.4, -0.2) is 56.7 Å². The van der Waals surface area contributed by atoms with Gasteiger partial charge >= 0.3 is 5.97 Å². The molecule has 0 bridgehead atoms. The highest BCUT2D eigenvalue weighted by atomic mass is 32.2. The van der Waals surface area contributed by atoms with Crippen molar-refractivity contribution in [3.63, 3.8) is 0 Å². The molecular weight excluding hydrogens is 420 g/mol. The number of amides is 1. The van der Waals surface area contributed by atoms with E-state index in [2.05, 4.69) is 0 Å². The van der Waals surface area contributed by atoms with Crippen molar-refractivity contribution >= 4 is 21.9 Å². The predicted octanol–water partition coefficient (Wildman–Crippen LogP) is 3.21. The lowest BCUT2D eigenvalue weighted by molar-refractivity contribution is 0.0598. The van der Waals surface area contributed by atoms with Crippen LogP contribution < -0.4 is 0 Å². The van der Waals surface area contributed by atoms with Gasteiger partial charge in [-0.2, -0.15) is 4.31 Å². The van der Waals surface area contributed by atoms with Crippen molar-refractivity contribution in [3.05, 3.63) is 53.0 Å². The molecule has 1 aromatic heterocycles. The Balaban J connectivity index is 1.70. The summed E-state index contributed by atoms with van der Waals surface area (Å²) < 4.78 is 37.6. The number of nitrogens with zero attached hydrogens (tertiary/aromatic N) is 2. The summed E-state index contributed by atoms with van der Waals surface area (Å²) in [7, 11) is -0.656. The maximum Gasteiger partial charge on any atom is 0.341 e. The Morgan fingerprint density at radius 3 is 2.29 bits per heavy atom. The molecule has 8 nitrogen and oxygen atoms in total. The molecule has 1 aromatic carbocycles. The van der Waals surface area contributed by atoms with E-state index >= 15 is 0 Å². The van der Waals surface area contributed by atoms with Gasteiger partial charge in [-0.15, -0.1) is 0 Å². The number of carbonyl (C=O) groups is 2. The molecule has 0 saturated carbocycles. The summed E-state index contributed by atoms with van der Waals surface area (Å²) in [6.07, 6.45) is 3.82. The zero-order chi connectivity index (χ0) is 22.6. The lowest BCUT2D eigenvalue weighted by Crippen LogP contribution is -2.32. The van der Waals surface area contributed by atoms with E-state index in [-0.39, 0.29) is 17.3 Å². The molecule has 0 radical (unpaired) electrons. The molecule has 31 heavy (non-hydrogen) atoms. The summed E-state index contributed by atoms with van der Waals surface area (Å²) >= 11 is 0. The highest BCUT2D eigenvalue weighted by Crippen LogP contribution is 2.22. The number of sulfonamides is 1. The van der Waals surface area contributed by atoms with Crippen LogP contribution in [0.2, 0.25) is 0 Å². The number of aryl methyl sites for hydroxylation is 1. The monoisotopic (exact) mass is 448 g/mol. The summed E-state index contributed by atoms with van der Waals surface area (Å²) in [4.78, 5) is 26.1. The largest absolute Gasteiger partial charge is 0.465 e. The molecule has 0 N–H and O–H groups in total. The van der Waals surface area contributed by atoms with Crippen LogP contribution >= 0.6 is 0 Å². The average Bonchev–Trinajstić information content (AvgIpc) is 2.96. The number of esters is 1. The van der Waals surface area contributed by atoms with Crippen LogP contribution in [0.3, 0.4) is 0 Å². The molecule has 1 fully saturated rings. The number of ether oxygens (including phenoxy) is 1. The van der Waals surface area contributed by atoms with Gasteiger partial charge in [0, 0.05) is 25.7 Å². The van der Waals surface area contributed by atoms with Crippen LogP contribution in [-0.2, 0) is 21.3 Å². The molecular formula is C22H28N2O6S. The minimum Gasteiger partial charge on any atom is -0.465 e. The molecule has 1 amide bonds. The molecule has 1 saturated heterocycles. The van der Waals surface area contributed by atoms with Crippen LogP contribution in [0, 0.1) is 6.92 Å². The van der Waals surface area contributed by atoms with Crippen LogP contribution in [0.5, 0.6) is 0 Å². The van der Waals surface area contributed by atoms with Gasteiger partial charge in [-0.05, 0) is 50.1 Å². The second-order valence-electron chi connectivity index (χ2n) is 7.68. The number of methoxy groups -OCH3 is 1. The third-order valence-electron chi connectivity index (χ3n) is 5.42. The summed E-state index contributed by atoms with van der Waals surface area (Å²) in [5.74, 6) is 0.0926. The van der Waals surface area contributed by atoms with Crippen molar-refractivity contribution in [2.75, 3.05) is 27.2 Å². The molecule has 0 unspecified atom stereocenters. The Labute approximate surface area is 182 Å². The van der Waals surface area contributed by atoms with E-state index in [0.29, 0.717) is 35.7 Å². The first-order valence-electron chi connectivity index (χ1n) is 10.3. The second kappa shape index (κ2) is 9.65. The third-order valence-corrected chi connectivity index (χ3v) is 7.33. The van der Waals surface area contributed by atoms with Crippen molar-refractivity contribution < 1.29 is 27.2 Å². The van der Waals surface area contributed by atoms with Crippen molar-refractivity contribution in [1.29, 1.82) is 0 Å². The van der Waals surface area contributed by atoms with Gasteiger partial charge in [0.15, 0.2) is 0 Å². The first-order chi connectivity index (χ1) is 14.7. The Morgan fingerprint density at radius 2 is 1.71 bits per heavy atom. The lowest BCUT2D eigenvalue weighted by Gasteiger charge is -2.20. The van der Waals surface area contributed by atoms with E-state index < -0.39 is 16.0 Å². The van der Waals surface area contributed by atoms with Gasteiger partial charge in [0.05, 0.1) is 18.6 Å². The fourth-order valence-electron chi connectivity index (χ4n) is 3.66. The van der Waals surface area contributed by atoms with E-state index in [1.54, 1.807) is 20.0 Å². The highest BCUT2D eigenvalue weighted by molar-refractivity contribution is 7.89. The lowest BCUT2D eigenvalue weighted by atomic mass is 10.2. The predicted molar refractivity (Wildman–Crippen MR) is 114 cm³/mol. The molecule has 0 spiro atoms. The number of benzene rings is 1. The minimum absolute atomic E-state index is 0.157. The molecule has 1 aliphatic heterocycles. The Kier molecular flexibility index (Phi) is 7.17. The van der Waals surface area contributed by atoms with E-state index in [9.17, 15) is 18.0 Å². The summed E-state index contributed by atoms with van der Waals surface area (Å²) in [5, 5.41) is 0. The normalized spacial score (nSPS) is 15.3. The van der Waals surface area contributed by atoms with Crippen LogP contribution in [0.1, 0.15) is 57.9 Å². The number of furan rings is 1. The third kappa shape index (κ3) is 5.16. The minimum atomic E-state index is -3.56. The molecule has 0 atom stereocenters. The van der Waals surface area contributed by atoms with Crippen molar-refractivity contribution in [2.45, 2.75) is 44.0 Å². The SMILES string of the molecule is COC(=O)c1cc(CN(C)C(=O)c2ccc(S(=O)(=O)N3CCCCCC3)cc2)oc1C. The number of hydrogen-bond acceptors (Lipinski definition) is 6. The van der Waals surface area contributed by atoms with E-state index in [4.69, 9.17) is 9.15 Å². The van der Waals surface area contributed by atoms with Gasteiger partial charge in [-0.3, -0.25) is 4.79 Å². The first kappa shape index (κ1) is 23.0. The number of carbonyl (C=O) groups excluding carboxylic acids is 2. The fraction of sp³-hybridized carbons (Fsp3) is 0.455. The zero-order valence-electron chi connectivity index (χ0n) is 18.1. The van der Waals surface area contributed by atoms with Gasteiger partial charge < -0.3 is 14.1 Å². The van der Waals surface area contributed by atoms with Crippen LogP contribution in [0.25, 0.3) is 0 Å². The summed E-state index contributed by atoms with van der Waals surface area (Å²) in [6.45, 7) is 2.87. The van der Waals surface area contributed by atoms with E-state index in [0.717, 1.165) is 25.7 Å². The number of hydrogen-bond donors (Lipinski definition) is 0. The van der Waals surface area contributed by atoms with Crippen molar-refractivity contribution in [1.82, 2.24) is 9.21 Å². The average molecular weight is 449 g/mol. The summed E-state index contributed by atoms with van der Waals surface area (Å²) in [5.41, 5.74) is 0.690. The zero-order valence-corrected chi connectivity index (χ0v) is 18.9. The molecule has 1 aliphatic rings. The quantitative estimate of drug-likeness (QED) is 0.630. The van der Waals surface area contributed by atoms with Gasteiger partial charge in [-0.1, -0.05) is 12.8 Å². The molecule has 0 aliphatic carbocycles. The van der Waals surface area contributed by atoms with Crippen molar-refractivity contribution in [3.8, 4) is 0 Å². The molecule has 9 heteroatoms. The van der Waals surface area contributed by atoms with Gasteiger partial charge in [0.1, 0.15) is 17.1 Å². The molecule has 168 valence electrons. The Bertz CT molecular complexity index is 1030. The van der Waals surface area contributed by atoms with E-state index in [1.807, 2.05) is 0 Å². The van der Waals surface area contributed by atoms with Gasteiger partial charge in [0.2, 0.25) is 10.0 Å². The number of rotatable bonds is 6. The smallest absolute Gasteiger partial charge is 0.341 e. The topological polar surface area (TPSA) is 97.1 Å². The second-order valence-corrected chi connectivity index (χ2v) is 9.62. The summed E-state index contributed by atoms with van der Waals surface area (Å²) in [6, 6.07) is 7.57.